The fourth-order valence-electron chi connectivity index (χ4n) is 2.18. The van der Waals surface area contributed by atoms with Gasteiger partial charge in [-0.25, -0.2) is 0 Å². The number of carbonyl (C=O) groups is 1. The van der Waals surface area contributed by atoms with Crippen LogP contribution in [-0.4, -0.2) is 14.3 Å². The minimum atomic E-state index is -2.14. The van der Waals surface area contributed by atoms with Crippen molar-refractivity contribution in [3.05, 3.63) is 58.1 Å². The molecule has 1 N–H and O–H groups in total. The van der Waals surface area contributed by atoms with E-state index in [0.29, 0.717) is 15.7 Å². The van der Waals surface area contributed by atoms with Gasteiger partial charge in [0.25, 0.3) is 14.3 Å². The van der Waals surface area contributed by atoms with E-state index in [-0.39, 0.29) is 17.4 Å². The maximum atomic E-state index is 12.5. The third-order valence-electron chi connectivity index (χ3n) is 4.75. The number of benzene rings is 2. The van der Waals surface area contributed by atoms with Gasteiger partial charge in [-0.3, -0.25) is 4.79 Å². The van der Waals surface area contributed by atoms with Gasteiger partial charge in [-0.05, 0) is 41.9 Å². The largest absolute Gasteiger partial charge is 0.519 e. The molecule has 0 radical (unpaired) electrons. The van der Waals surface area contributed by atoms with Crippen LogP contribution in [0, 0.1) is 0 Å². The van der Waals surface area contributed by atoms with E-state index in [1.165, 1.54) is 0 Å². The molecule has 6 heteroatoms. The van der Waals surface area contributed by atoms with Crippen LogP contribution >= 0.6 is 23.2 Å². The monoisotopic (exact) mass is 409 g/mol. The molecule has 0 aliphatic rings. The summed E-state index contributed by atoms with van der Waals surface area (Å²) in [6, 6.07) is 12.9. The Hall–Kier alpha value is -1.49. The van der Waals surface area contributed by atoms with E-state index in [0.717, 1.165) is 11.3 Å². The van der Waals surface area contributed by atoms with Crippen molar-refractivity contribution in [3.63, 3.8) is 0 Å². The summed E-state index contributed by atoms with van der Waals surface area (Å²) in [6.07, 6.45) is 0.192. The van der Waals surface area contributed by atoms with Gasteiger partial charge in [-0.2, -0.15) is 0 Å². The molecule has 0 aromatic heterocycles. The molecule has 0 aliphatic carbocycles. The number of hydrogen-bond acceptors (Lipinski definition) is 3. The van der Waals surface area contributed by atoms with Crippen molar-refractivity contribution < 1.29 is 9.22 Å². The van der Waals surface area contributed by atoms with Crippen LogP contribution < -0.4 is 5.32 Å². The normalized spacial score (nSPS) is 12.0. The number of carbonyl (C=O) groups excluding carboxylic acids is 1. The molecule has 0 fully saturated rings. The van der Waals surface area contributed by atoms with Gasteiger partial charge >= 0.3 is 0 Å². The van der Waals surface area contributed by atoms with Crippen molar-refractivity contribution in [1.29, 1.82) is 0 Å². The quantitative estimate of drug-likeness (QED) is 0.549. The van der Waals surface area contributed by atoms with Crippen LogP contribution in [0.5, 0.6) is 0 Å². The number of anilines is 2. The van der Waals surface area contributed by atoms with Crippen molar-refractivity contribution >= 4 is 48.9 Å². The molecule has 2 aromatic carbocycles. The molecular weight excluding hydrogens is 385 g/mol. The Morgan fingerprint density at radius 3 is 2.19 bits per heavy atom. The Kier molecular flexibility index (Phi) is 6.43. The van der Waals surface area contributed by atoms with E-state index in [1.54, 1.807) is 18.2 Å². The van der Waals surface area contributed by atoms with Gasteiger partial charge in [0.05, 0.1) is 22.2 Å². The third kappa shape index (κ3) is 5.03. The fourth-order valence-corrected chi connectivity index (χ4v) is 3.62. The molecule has 3 nitrogen and oxygen atoms in total. The second-order valence-electron chi connectivity index (χ2n) is 7.79. The zero-order chi connectivity index (χ0) is 19.5. The van der Waals surface area contributed by atoms with E-state index in [9.17, 15) is 4.79 Å². The SMILES string of the molecule is CC(C)(C)[Si](C)(C)OC(=O)Cc1ccccc1Nc1c(Cl)cccc1Cl. The summed E-state index contributed by atoms with van der Waals surface area (Å²) in [5.74, 6) is -0.212. The highest BCUT2D eigenvalue weighted by atomic mass is 35.5. The van der Waals surface area contributed by atoms with Crippen molar-refractivity contribution in [2.75, 3.05) is 5.32 Å². The molecule has 2 rings (SSSR count). The summed E-state index contributed by atoms with van der Waals surface area (Å²) in [4.78, 5) is 12.5. The van der Waals surface area contributed by atoms with Gasteiger partial charge in [0.1, 0.15) is 0 Å². The molecule has 2 aromatic rings. The molecule has 0 amide bonds. The third-order valence-corrected chi connectivity index (χ3v) is 9.73. The van der Waals surface area contributed by atoms with Crippen LogP contribution in [0.1, 0.15) is 26.3 Å². The maximum absolute atomic E-state index is 12.5. The van der Waals surface area contributed by atoms with Crippen molar-refractivity contribution in [3.8, 4) is 0 Å². The van der Waals surface area contributed by atoms with Crippen LogP contribution in [0.25, 0.3) is 0 Å². The summed E-state index contributed by atoms with van der Waals surface area (Å²) in [5, 5.41) is 4.27. The van der Waals surface area contributed by atoms with Crippen molar-refractivity contribution in [2.24, 2.45) is 0 Å². The van der Waals surface area contributed by atoms with Gasteiger partial charge in [0, 0.05) is 5.69 Å². The predicted molar refractivity (Wildman–Crippen MR) is 113 cm³/mol. The Morgan fingerprint density at radius 1 is 1.04 bits per heavy atom. The van der Waals surface area contributed by atoms with Crippen molar-refractivity contribution in [2.45, 2.75) is 45.3 Å². The van der Waals surface area contributed by atoms with Gasteiger partial charge < -0.3 is 9.74 Å². The van der Waals surface area contributed by atoms with Crippen LogP contribution in [0.2, 0.25) is 28.2 Å². The maximum Gasteiger partial charge on any atom is 0.297 e. The second-order valence-corrected chi connectivity index (χ2v) is 13.3. The summed E-state index contributed by atoms with van der Waals surface area (Å²) in [5.41, 5.74) is 2.25. The van der Waals surface area contributed by atoms with Gasteiger partial charge in [0.2, 0.25) is 0 Å². The first-order chi connectivity index (χ1) is 12.0. The molecule has 0 bridgehead atoms. The van der Waals surface area contributed by atoms with E-state index >= 15 is 0 Å². The lowest BCUT2D eigenvalue weighted by atomic mass is 10.1. The molecule has 0 aliphatic heterocycles. The molecule has 26 heavy (non-hydrogen) atoms. The molecule has 0 atom stereocenters. The molecule has 0 saturated heterocycles. The highest BCUT2D eigenvalue weighted by Gasteiger charge is 2.40. The molecule has 0 heterocycles. The average Bonchev–Trinajstić information content (AvgIpc) is 2.51. The second kappa shape index (κ2) is 8.03. The minimum absolute atomic E-state index is 0.0223. The molecule has 0 unspecified atom stereocenters. The summed E-state index contributed by atoms with van der Waals surface area (Å²) >= 11 is 12.5. The zero-order valence-electron chi connectivity index (χ0n) is 15.8. The summed E-state index contributed by atoms with van der Waals surface area (Å²) < 4.78 is 5.88. The Bertz CT molecular complexity index is 780. The Labute approximate surface area is 166 Å². The first kappa shape index (κ1) is 20.8. The molecular formula is C20H25Cl2NO2Si. The lowest BCUT2D eigenvalue weighted by Gasteiger charge is -2.35. The first-order valence-electron chi connectivity index (χ1n) is 8.52. The number of rotatable bonds is 5. The van der Waals surface area contributed by atoms with E-state index in [2.05, 4.69) is 39.2 Å². The van der Waals surface area contributed by atoms with E-state index in [1.807, 2.05) is 24.3 Å². The van der Waals surface area contributed by atoms with Gasteiger partial charge in [0.15, 0.2) is 0 Å². The first-order valence-corrected chi connectivity index (χ1v) is 12.2. The average molecular weight is 410 g/mol. The van der Waals surface area contributed by atoms with E-state index in [4.69, 9.17) is 27.6 Å². The molecule has 0 spiro atoms. The number of halogens is 2. The fraction of sp³-hybridized carbons (Fsp3) is 0.350. The number of hydrogen-bond donors (Lipinski definition) is 1. The molecule has 0 saturated carbocycles. The predicted octanol–water partition coefficient (Wildman–Crippen LogP) is 6.83. The highest BCUT2D eigenvalue weighted by molar-refractivity contribution is 6.75. The molecule has 140 valence electrons. The topological polar surface area (TPSA) is 38.3 Å². The summed E-state index contributed by atoms with van der Waals surface area (Å²) in [6.45, 7) is 10.5. The Balaban J connectivity index is 2.21. The van der Waals surface area contributed by atoms with Gasteiger partial charge in [-0.15, -0.1) is 0 Å². The summed E-state index contributed by atoms with van der Waals surface area (Å²) in [7, 11) is -2.14. The van der Waals surface area contributed by atoms with Gasteiger partial charge in [-0.1, -0.05) is 68.2 Å². The van der Waals surface area contributed by atoms with Crippen LogP contribution in [0.3, 0.4) is 0 Å². The van der Waals surface area contributed by atoms with Crippen LogP contribution in [0.4, 0.5) is 11.4 Å². The van der Waals surface area contributed by atoms with Crippen LogP contribution in [0.15, 0.2) is 42.5 Å². The standard InChI is InChI=1S/C20H25Cl2NO2Si/c1-20(2,3)26(4,5)25-18(24)13-14-9-6-7-12-17(14)23-19-15(21)10-8-11-16(19)22/h6-12,23H,13H2,1-5H3. The number of nitrogens with one attached hydrogen (secondary N) is 1. The lowest BCUT2D eigenvalue weighted by molar-refractivity contribution is -0.134. The van der Waals surface area contributed by atoms with E-state index < -0.39 is 8.32 Å². The zero-order valence-corrected chi connectivity index (χ0v) is 18.3. The van der Waals surface area contributed by atoms with Crippen LogP contribution in [-0.2, 0) is 15.6 Å². The lowest BCUT2D eigenvalue weighted by Crippen LogP contribution is -2.43. The number of para-hydroxylation sites is 2. The minimum Gasteiger partial charge on any atom is -0.519 e. The Morgan fingerprint density at radius 2 is 1.62 bits per heavy atom. The van der Waals surface area contributed by atoms with Crippen molar-refractivity contribution in [1.82, 2.24) is 0 Å². The highest BCUT2D eigenvalue weighted by Crippen LogP contribution is 2.37. The smallest absolute Gasteiger partial charge is 0.297 e.